The Balaban J connectivity index is 1.09. The lowest BCUT2D eigenvalue weighted by Gasteiger charge is -2.50. The van der Waals surface area contributed by atoms with Crippen molar-refractivity contribution in [1.82, 2.24) is 34.4 Å². The second-order valence-corrected chi connectivity index (χ2v) is 11.6. The fourth-order valence-corrected chi connectivity index (χ4v) is 7.10. The Labute approximate surface area is 244 Å². The SMILES string of the molecule is COc1ccc2nccc(C(O)C3CC4CCN3CC4c3cn(C4CC(n5cc(F)c(=O)[nH]c5=O)OC4CO)nn3)c2c1. The average Bonchev–Trinajstić information content (AvgIpc) is 3.70. The third kappa shape index (κ3) is 4.83. The van der Waals surface area contributed by atoms with Crippen molar-refractivity contribution in [2.24, 2.45) is 5.92 Å². The first kappa shape index (κ1) is 27.8. The van der Waals surface area contributed by atoms with Crippen LogP contribution in [-0.4, -0.2) is 83.6 Å². The summed E-state index contributed by atoms with van der Waals surface area (Å²) in [6, 6.07) is 7.04. The van der Waals surface area contributed by atoms with E-state index in [4.69, 9.17) is 9.47 Å². The predicted octanol–water partition coefficient (Wildman–Crippen LogP) is 1.26. The number of methoxy groups -OCH3 is 1. The molecule has 8 atom stereocenters. The van der Waals surface area contributed by atoms with E-state index in [0.29, 0.717) is 11.7 Å². The Kier molecular flexibility index (Phi) is 7.08. The van der Waals surface area contributed by atoms with Gasteiger partial charge in [-0.05, 0) is 55.1 Å². The highest BCUT2D eigenvalue weighted by molar-refractivity contribution is 5.84. The number of H-pyrrole nitrogens is 1. The second kappa shape index (κ2) is 10.9. The van der Waals surface area contributed by atoms with E-state index in [9.17, 15) is 24.2 Å². The monoisotopic (exact) mass is 593 g/mol. The third-order valence-electron chi connectivity index (χ3n) is 9.33. The minimum absolute atomic E-state index is 0.0550. The van der Waals surface area contributed by atoms with Crippen molar-refractivity contribution in [3.63, 3.8) is 0 Å². The molecule has 4 aromatic rings. The van der Waals surface area contributed by atoms with Crippen LogP contribution in [0.1, 0.15) is 54.8 Å². The van der Waals surface area contributed by atoms with Gasteiger partial charge in [0.2, 0.25) is 5.82 Å². The lowest BCUT2D eigenvalue weighted by atomic mass is 9.72. The maximum atomic E-state index is 13.9. The minimum Gasteiger partial charge on any atom is -0.497 e. The summed E-state index contributed by atoms with van der Waals surface area (Å²) in [6.45, 7) is 1.25. The average molecular weight is 594 g/mol. The van der Waals surface area contributed by atoms with Gasteiger partial charge in [-0.1, -0.05) is 5.21 Å². The van der Waals surface area contributed by atoms with Crippen LogP contribution in [0.15, 0.2) is 52.4 Å². The smallest absolute Gasteiger partial charge is 0.330 e. The number of aliphatic hydroxyl groups is 2. The third-order valence-corrected chi connectivity index (χ3v) is 9.33. The van der Waals surface area contributed by atoms with Gasteiger partial charge in [-0.25, -0.2) is 9.48 Å². The number of nitrogens with zero attached hydrogens (tertiary/aromatic N) is 6. The van der Waals surface area contributed by atoms with Crippen LogP contribution in [-0.2, 0) is 4.74 Å². The summed E-state index contributed by atoms with van der Waals surface area (Å²) in [5.41, 5.74) is 0.552. The first-order valence-electron chi connectivity index (χ1n) is 14.4. The molecule has 1 aromatic carbocycles. The molecule has 0 spiro atoms. The van der Waals surface area contributed by atoms with Gasteiger partial charge in [0, 0.05) is 42.7 Å². The molecule has 43 heavy (non-hydrogen) atoms. The number of rotatable bonds is 7. The molecule has 0 aliphatic carbocycles. The zero-order chi connectivity index (χ0) is 29.8. The highest BCUT2D eigenvalue weighted by atomic mass is 19.1. The summed E-state index contributed by atoms with van der Waals surface area (Å²) < 4.78 is 27.8. The molecular weight excluding hydrogens is 561 g/mol. The standard InChI is InChI=1S/C29H32FN7O6/c1-42-16-2-3-21-18(9-16)17(4-6-31-21)27(39)24-8-15-5-7-35(24)11-19(15)22-13-37(34-33-22)23-10-26(43-25(23)14-38)36-12-20(30)28(40)32-29(36)41/h2-4,6,9,12-13,15,19,23-27,38-39H,5,7-8,10-11,14H2,1H3,(H,32,40,41). The summed E-state index contributed by atoms with van der Waals surface area (Å²) in [7, 11) is 1.62. The van der Waals surface area contributed by atoms with Crippen molar-refractivity contribution in [2.45, 2.75) is 55.7 Å². The number of piperidine rings is 3. The molecule has 2 bridgehead atoms. The van der Waals surface area contributed by atoms with E-state index in [1.54, 1.807) is 18.0 Å². The van der Waals surface area contributed by atoms with Gasteiger partial charge in [-0.2, -0.15) is 4.39 Å². The Hall–Kier alpha value is -3.98. The van der Waals surface area contributed by atoms with E-state index in [1.807, 2.05) is 35.4 Å². The van der Waals surface area contributed by atoms with Gasteiger partial charge in [-0.15, -0.1) is 5.10 Å². The molecule has 226 valence electrons. The molecule has 14 heteroatoms. The van der Waals surface area contributed by atoms with E-state index in [2.05, 4.69) is 20.2 Å². The van der Waals surface area contributed by atoms with Crippen LogP contribution in [0.5, 0.6) is 5.75 Å². The van der Waals surface area contributed by atoms with E-state index in [0.717, 1.165) is 58.9 Å². The molecule has 0 amide bonds. The number of fused-ring (bicyclic) bond motifs is 4. The Morgan fingerprint density at radius 2 is 2.09 bits per heavy atom. The molecule has 4 fully saturated rings. The van der Waals surface area contributed by atoms with E-state index in [-0.39, 0.29) is 25.0 Å². The number of aliphatic hydroxyl groups excluding tert-OH is 2. The second-order valence-electron chi connectivity index (χ2n) is 11.6. The Morgan fingerprint density at radius 1 is 1.23 bits per heavy atom. The summed E-state index contributed by atoms with van der Waals surface area (Å²) in [5.74, 6) is 0.0176. The van der Waals surface area contributed by atoms with Crippen LogP contribution >= 0.6 is 0 Å². The van der Waals surface area contributed by atoms with Gasteiger partial charge in [-0.3, -0.25) is 24.2 Å². The van der Waals surface area contributed by atoms with Crippen molar-refractivity contribution >= 4 is 10.9 Å². The number of hydrogen-bond acceptors (Lipinski definition) is 10. The number of nitrogens with one attached hydrogen (secondary N) is 1. The molecular formula is C29H32FN7O6. The van der Waals surface area contributed by atoms with Crippen molar-refractivity contribution in [1.29, 1.82) is 0 Å². The molecule has 13 nitrogen and oxygen atoms in total. The quantitative estimate of drug-likeness (QED) is 0.285. The van der Waals surface area contributed by atoms with Crippen LogP contribution in [0.2, 0.25) is 0 Å². The normalized spacial score (nSPS) is 29.3. The number of ether oxygens (including phenoxy) is 2. The largest absolute Gasteiger partial charge is 0.497 e. The van der Waals surface area contributed by atoms with Gasteiger partial charge in [0.05, 0.1) is 43.3 Å². The first-order valence-corrected chi connectivity index (χ1v) is 14.4. The van der Waals surface area contributed by atoms with Crippen LogP contribution in [0.25, 0.3) is 10.9 Å². The fourth-order valence-electron chi connectivity index (χ4n) is 7.10. The molecule has 0 radical (unpaired) electrons. The van der Waals surface area contributed by atoms with Gasteiger partial charge < -0.3 is 19.7 Å². The highest BCUT2D eigenvalue weighted by Gasteiger charge is 2.45. The molecule has 8 unspecified atom stereocenters. The summed E-state index contributed by atoms with van der Waals surface area (Å²) in [6.07, 6.45) is 4.09. The molecule has 0 saturated carbocycles. The van der Waals surface area contributed by atoms with Gasteiger partial charge in [0.25, 0.3) is 5.56 Å². The number of halogens is 1. The lowest BCUT2D eigenvalue weighted by Crippen LogP contribution is -2.54. The number of benzene rings is 1. The van der Waals surface area contributed by atoms with Crippen LogP contribution in [0, 0.1) is 11.7 Å². The van der Waals surface area contributed by atoms with Crippen LogP contribution in [0.3, 0.4) is 0 Å². The summed E-state index contributed by atoms with van der Waals surface area (Å²) >= 11 is 0. The molecule has 4 aliphatic heterocycles. The van der Waals surface area contributed by atoms with Gasteiger partial charge in [0.15, 0.2) is 0 Å². The van der Waals surface area contributed by atoms with Crippen LogP contribution in [0.4, 0.5) is 4.39 Å². The zero-order valence-electron chi connectivity index (χ0n) is 23.4. The summed E-state index contributed by atoms with van der Waals surface area (Å²) in [5, 5.41) is 31.3. The van der Waals surface area contributed by atoms with Gasteiger partial charge in [0.1, 0.15) is 18.1 Å². The first-order chi connectivity index (χ1) is 20.8. The number of aromatic nitrogens is 6. The molecule has 4 aliphatic rings. The Bertz CT molecular complexity index is 1770. The zero-order valence-corrected chi connectivity index (χ0v) is 23.4. The number of aromatic amines is 1. The molecule has 8 rings (SSSR count). The molecule has 3 aromatic heterocycles. The minimum atomic E-state index is -1.10. The van der Waals surface area contributed by atoms with Crippen LogP contribution < -0.4 is 16.0 Å². The lowest BCUT2D eigenvalue weighted by molar-refractivity contribution is -0.0382. The van der Waals surface area contributed by atoms with E-state index in [1.165, 1.54) is 0 Å². The topological polar surface area (TPSA) is 161 Å². The molecule has 7 heterocycles. The van der Waals surface area contributed by atoms with Crippen molar-refractivity contribution < 1.29 is 24.1 Å². The van der Waals surface area contributed by atoms with Gasteiger partial charge >= 0.3 is 5.69 Å². The maximum absolute atomic E-state index is 13.9. The van der Waals surface area contributed by atoms with E-state index >= 15 is 0 Å². The molecule has 3 N–H and O–H groups in total. The van der Waals surface area contributed by atoms with E-state index < -0.39 is 41.5 Å². The highest BCUT2D eigenvalue weighted by Crippen LogP contribution is 2.45. The predicted molar refractivity (Wildman–Crippen MR) is 150 cm³/mol. The Morgan fingerprint density at radius 3 is 2.86 bits per heavy atom. The van der Waals surface area contributed by atoms with Crippen molar-refractivity contribution in [2.75, 3.05) is 26.8 Å². The fraction of sp³-hybridized carbons (Fsp3) is 0.483. The molecule has 4 saturated heterocycles. The number of pyridine rings is 1. The van der Waals surface area contributed by atoms with Crippen molar-refractivity contribution in [3.8, 4) is 5.75 Å². The number of hydrogen-bond donors (Lipinski definition) is 3. The van der Waals surface area contributed by atoms with Crippen molar-refractivity contribution in [3.05, 3.63) is 80.8 Å². The summed E-state index contributed by atoms with van der Waals surface area (Å²) in [4.78, 5) is 32.5. The maximum Gasteiger partial charge on any atom is 0.330 e.